The van der Waals surface area contributed by atoms with Crippen LogP contribution in [0.25, 0.3) is 0 Å². The number of non-ortho nitro benzene ring substituents is 1. The lowest BCUT2D eigenvalue weighted by Gasteiger charge is -2.48. The normalized spacial score (nSPS) is 33.5. The molecule has 5 nitrogen and oxygen atoms in total. The highest BCUT2D eigenvalue weighted by atomic mass is 16.6. The van der Waals surface area contributed by atoms with Gasteiger partial charge in [-0.3, -0.25) is 15.4 Å². The van der Waals surface area contributed by atoms with Crippen molar-refractivity contribution >= 4 is 5.69 Å². The van der Waals surface area contributed by atoms with Gasteiger partial charge in [-0.2, -0.15) is 0 Å². The maximum Gasteiger partial charge on any atom is 0.269 e. The van der Waals surface area contributed by atoms with Crippen LogP contribution >= 0.6 is 0 Å². The van der Waals surface area contributed by atoms with Crippen molar-refractivity contribution in [3.05, 3.63) is 39.9 Å². The number of benzene rings is 1. The molecule has 0 radical (unpaired) electrons. The summed E-state index contributed by atoms with van der Waals surface area (Å²) in [5.74, 6) is 0.575. The first-order valence-electron chi connectivity index (χ1n) is 7.24. The third-order valence-electron chi connectivity index (χ3n) is 4.68. The van der Waals surface area contributed by atoms with Crippen LogP contribution in [0.2, 0.25) is 0 Å². The fourth-order valence-electron chi connectivity index (χ4n) is 3.37. The lowest BCUT2D eigenvalue weighted by molar-refractivity contribution is -0.384. The van der Waals surface area contributed by atoms with Gasteiger partial charge in [-0.25, -0.2) is 0 Å². The molecule has 0 bridgehead atoms. The molecular weight excluding hydrogens is 256 g/mol. The van der Waals surface area contributed by atoms with E-state index in [-0.39, 0.29) is 22.4 Å². The molecule has 1 aromatic carbocycles. The zero-order chi connectivity index (χ0) is 14.2. The van der Waals surface area contributed by atoms with Crippen LogP contribution in [0.5, 0.6) is 0 Å². The summed E-state index contributed by atoms with van der Waals surface area (Å²) >= 11 is 0. The lowest BCUT2D eigenvalue weighted by Crippen LogP contribution is -2.53. The molecule has 2 fully saturated rings. The largest absolute Gasteiger partial charge is 0.353 e. The average Bonchev–Trinajstić information content (AvgIpc) is 2.46. The number of hydrogen-bond acceptors (Lipinski definition) is 4. The van der Waals surface area contributed by atoms with E-state index in [1.54, 1.807) is 12.1 Å². The number of hydrogen-bond donors (Lipinski definition) is 1. The van der Waals surface area contributed by atoms with E-state index in [0.29, 0.717) is 5.92 Å². The Balaban J connectivity index is 1.76. The second kappa shape index (κ2) is 5.14. The van der Waals surface area contributed by atoms with Crippen molar-refractivity contribution in [3.63, 3.8) is 0 Å². The van der Waals surface area contributed by atoms with Crippen LogP contribution in [-0.4, -0.2) is 17.1 Å². The number of rotatable bonds is 2. The summed E-state index contributed by atoms with van der Waals surface area (Å²) < 4.78 is 6.28. The summed E-state index contributed by atoms with van der Waals surface area (Å²) in [6, 6.07) is 6.63. The van der Waals surface area contributed by atoms with Gasteiger partial charge in [0, 0.05) is 24.6 Å². The first kappa shape index (κ1) is 13.5. The van der Waals surface area contributed by atoms with Crippen LogP contribution < -0.4 is 5.32 Å². The van der Waals surface area contributed by atoms with Crippen molar-refractivity contribution in [2.75, 3.05) is 6.54 Å². The molecule has 3 rings (SSSR count). The third kappa shape index (κ3) is 2.43. The van der Waals surface area contributed by atoms with Crippen molar-refractivity contribution in [2.24, 2.45) is 5.92 Å². The minimum atomic E-state index is -0.378. The van der Waals surface area contributed by atoms with Gasteiger partial charge >= 0.3 is 0 Å². The van der Waals surface area contributed by atoms with Crippen LogP contribution in [0.15, 0.2) is 24.3 Å². The van der Waals surface area contributed by atoms with Crippen LogP contribution in [-0.2, 0) is 4.74 Å². The van der Waals surface area contributed by atoms with Gasteiger partial charge in [-0.15, -0.1) is 0 Å². The van der Waals surface area contributed by atoms with Gasteiger partial charge < -0.3 is 4.74 Å². The van der Waals surface area contributed by atoms with Gasteiger partial charge in [0.05, 0.1) is 10.5 Å². The highest BCUT2D eigenvalue weighted by molar-refractivity contribution is 5.33. The summed E-state index contributed by atoms with van der Waals surface area (Å²) in [6.07, 6.45) is 4.67. The predicted octanol–water partition coefficient (Wildman–Crippen LogP) is 3.16. The summed E-state index contributed by atoms with van der Waals surface area (Å²) in [4.78, 5) is 10.3. The van der Waals surface area contributed by atoms with E-state index in [1.165, 1.54) is 31.4 Å². The van der Waals surface area contributed by atoms with E-state index in [2.05, 4.69) is 12.2 Å². The molecule has 0 aromatic heterocycles. The first-order chi connectivity index (χ1) is 9.58. The maximum atomic E-state index is 10.7. The van der Waals surface area contributed by atoms with E-state index in [9.17, 15) is 10.1 Å². The Morgan fingerprint density at radius 1 is 1.35 bits per heavy atom. The van der Waals surface area contributed by atoms with Gasteiger partial charge in [-0.05, 0) is 37.5 Å². The topological polar surface area (TPSA) is 64.4 Å². The molecule has 5 heteroatoms. The highest BCUT2D eigenvalue weighted by Gasteiger charge is 2.42. The lowest BCUT2D eigenvalue weighted by atomic mass is 9.75. The van der Waals surface area contributed by atoms with Gasteiger partial charge in [0.15, 0.2) is 0 Å². The molecule has 1 saturated heterocycles. The summed E-state index contributed by atoms with van der Waals surface area (Å²) in [5.41, 5.74) is 1.02. The van der Waals surface area contributed by atoms with E-state index >= 15 is 0 Å². The molecule has 1 aliphatic carbocycles. The van der Waals surface area contributed by atoms with Gasteiger partial charge in [0.2, 0.25) is 0 Å². The third-order valence-corrected chi connectivity index (χ3v) is 4.68. The van der Waals surface area contributed by atoms with Crippen molar-refractivity contribution in [2.45, 2.75) is 44.4 Å². The van der Waals surface area contributed by atoms with Crippen molar-refractivity contribution in [1.29, 1.82) is 0 Å². The van der Waals surface area contributed by atoms with E-state index in [4.69, 9.17) is 4.74 Å². The first-order valence-corrected chi connectivity index (χ1v) is 7.24. The van der Waals surface area contributed by atoms with Crippen LogP contribution in [0, 0.1) is 16.0 Å². The number of nitrogens with one attached hydrogen (secondary N) is 1. The number of nitro groups is 1. The molecule has 1 heterocycles. The standard InChI is InChI=1S/C15H20N2O3/c1-15-9-3-2-4-12(15)10-16-14(20-15)11-5-7-13(8-6-11)17(18)19/h5-8,12,14,16H,2-4,9-10H2,1H3/t12-,14+,15-/m0/s1. The molecule has 108 valence electrons. The van der Waals surface area contributed by atoms with Crippen molar-refractivity contribution < 1.29 is 9.66 Å². The average molecular weight is 276 g/mol. The quantitative estimate of drug-likeness (QED) is 0.665. The molecule has 0 spiro atoms. The molecule has 2 aliphatic rings. The van der Waals surface area contributed by atoms with Crippen molar-refractivity contribution in [3.8, 4) is 0 Å². The van der Waals surface area contributed by atoms with Crippen LogP contribution in [0.3, 0.4) is 0 Å². The Labute approximate surface area is 118 Å². The smallest absolute Gasteiger partial charge is 0.269 e. The highest BCUT2D eigenvalue weighted by Crippen LogP contribution is 2.42. The van der Waals surface area contributed by atoms with Crippen LogP contribution in [0.4, 0.5) is 5.69 Å². The minimum absolute atomic E-state index is 0.0596. The molecule has 20 heavy (non-hydrogen) atoms. The molecule has 1 saturated carbocycles. The summed E-state index contributed by atoms with van der Waals surface area (Å²) in [7, 11) is 0. The molecular formula is C15H20N2O3. The summed E-state index contributed by atoms with van der Waals surface area (Å²) in [6.45, 7) is 3.16. The minimum Gasteiger partial charge on any atom is -0.353 e. The second-order valence-corrected chi connectivity index (χ2v) is 6.01. The fourth-order valence-corrected chi connectivity index (χ4v) is 3.37. The molecule has 0 unspecified atom stereocenters. The Hall–Kier alpha value is -1.46. The van der Waals surface area contributed by atoms with E-state index in [0.717, 1.165) is 18.5 Å². The van der Waals surface area contributed by atoms with Gasteiger partial charge in [0.25, 0.3) is 5.69 Å². The van der Waals surface area contributed by atoms with Gasteiger partial charge in [-0.1, -0.05) is 12.8 Å². The molecule has 3 atom stereocenters. The van der Waals surface area contributed by atoms with Gasteiger partial charge in [0.1, 0.15) is 6.23 Å². The number of ether oxygens (including phenoxy) is 1. The predicted molar refractivity (Wildman–Crippen MR) is 75.3 cm³/mol. The Morgan fingerprint density at radius 2 is 2.10 bits per heavy atom. The monoisotopic (exact) mass is 276 g/mol. The molecule has 1 aromatic rings. The Bertz CT molecular complexity index is 502. The molecule has 0 amide bonds. The number of fused-ring (bicyclic) bond motifs is 1. The number of nitrogens with zero attached hydrogens (tertiary/aromatic N) is 1. The van der Waals surface area contributed by atoms with Crippen molar-refractivity contribution in [1.82, 2.24) is 5.32 Å². The van der Waals surface area contributed by atoms with E-state index < -0.39 is 0 Å². The Kier molecular flexibility index (Phi) is 3.48. The number of nitro benzene ring substituents is 1. The fraction of sp³-hybridized carbons (Fsp3) is 0.600. The molecule has 1 aliphatic heterocycles. The Morgan fingerprint density at radius 3 is 2.80 bits per heavy atom. The maximum absolute atomic E-state index is 10.7. The zero-order valence-electron chi connectivity index (χ0n) is 11.7. The summed E-state index contributed by atoms with van der Waals surface area (Å²) in [5, 5.41) is 14.1. The zero-order valence-corrected chi connectivity index (χ0v) is 11.7. The van der Waals surface area contributed by atoms with Crippen LogP contribution in [0.1, 0.15) is 44.4 Å². The second-order valence-electron chi connectivity index (χ2n) is 6.01. The SMILES string of the molecule is C[C@]12CCCC[C@H]1CN[C@@H](c1ccc([N+](=O)[O-])cc1)O2. The molecule has 1 N–H and O–H groups in total. The van der Waals surface area contributed by atoms with E-state index in [1.807, 2.05) is 0 Å².